The van der Waals surface area contributed by atoms with E-state index in [0.29, 0.717) is 23.5 Å². The lowest BCUT2D eigenvalue weighted by Crippen LogP contribution is -2.30. The molecule has 0 radical (unpaired) electrons. The highest BCUT2D eigenvalue weighted by atomic mass is 19.2. The summed E-state index contributed by atoms with van der Waals surface area (Å²) in [5.74, 6) is -2.77. The molecule has 0 unspecified atom stereocenters. The van der Waals surface area contributed by atoms with Crippen LogP contribution in [0.4, 0.5) is 24.5 Å². The number of nitrogens with two attached hydrogens (primary N) is 2. The Bertz CT molecular complexity index is 1700. The van der Waals surface area contributed by atoms with E-state index in [1.54, 1.807) is 13.0 Å². The fraction of sp³-hybridized carbons (Fsp3) is 0.400. The van der Waals surface area contributed by atoms with Crippen LogP contribution in [0.15, 0.2) is 104 Å². The first-order valence-electron chi connectivity index (χ1n) is 20.5. The minimum absolute atomic E-state index is 0.00463. The van der Waals surface area contributed by atoms with Gasteiger partial charge in [-0.1, -0.05) is 78.9 Å². The Kier molecular flexibility index (Phi) is 26.6. The molecule has 2 aliphatic heterocycles. The van der Waals surface area contributed by atoms with E-state index in [4.69, 9.17) is 16.3 Å². The Morgan fingerprint density at radius 2 is 1.10 bits per heavy atom. The first-order chi connectivity index (χ1) is 28.3. The number of allylic oxidation sites excluding steroid dienone is 2. The molecular formula is C50H69F3N4O2. The van der Waals surface area contributed by atoms with E-state index >= 15 is 0 Å². The van der Waals surface area contributed by atoms with Crippen LogP contribution in [0, 0.1) is 31.3 Å². The highest BCUT2D eigenvalue weighted by molar-refractivity contribution is 5.58. The standard InChI is InChI=1S/C14H18F3N.C12H19N3.C10H12.C9H10O.C3H6.C2H4O/c1-8-9(2)12(15)14(17)13(16)11(8)10-4-6-18(3)7-5-10;1-15-6-4-9(5-7-15)11-3-2-10(13)8-12(11)14;1-2-3-7-10-8-5-4-6-9-10;10-8-4-7-9-5-2-1-3-6-9;1-3-2;1-2-3/h10H,4-7H2,1-3H3;2-3,8-9H,4-7,13-14H2,1H3;2,4-6,8-9H,1,3,7H2;1-3,5-6,8H,4,7H2;3H,1H2,2H3;2H,1H3. The molecule has 0 bridgehead atoms. The van der Waals surface area contributed by atoms with E-state index in [1.807, 2.05) is 68.6 Å². The third-order valence-corrected chi connectivity index (χ3v) is 10.2. The van der Waals surface area contributed by atoms with E-state index in [2.05, 4.69) is 60.3 Å². The second-order valence-corrected chi connectivity index (χ2v) is 14.8. The van der Waals surface area contributed by atoms with Crippen molar-refractivity contribution in [1.82, 2.24) is 9.80 Å². The van der Waals surface area contributed by atoms with Crippen LogP contribution in [0.5, 0.6) is 0 Å². The van der Waals surface area contributed by atoms with Crippen molar-refractivity contribution >= 4 is 23.9 Å². The van der Waals surface area contributed by atoms with Crippen molar-refractivity contribution in [3.05, 3.63) is 155 Å². The molecule has 59 heavy (non-hydrogen) atoms. The highest BCUT2D eigenvalue weighted by Gasteiger charge is 2.28. The predicted molar refractivity (Wildman–Crippen MR) is 243 cm³/mol. The molecule has 0 aromatic heterocycles. The number of hydrogen-bond acceptors (Lipinski definition) is 6. The topological polar surface area (TPSA) is 92.7 Å². The maximum absolute atomic E-state index is 14.0. The van der Waals surface area contributed by atoms with Gasteiger partial charge in [-0.15, -0.1) is 13.2 Å². The van der Waals surface area contributed by atoms with E-state index < -0.39 is 17.5 Å². The van der Waals surface area contributed by atoms with Gasteiger partial charge < -0.3 is 30.9 Å². The number of aldehydes is 2. The van der Waals surface area contributed by atoms with Gasteiger partial charge in [0.2, 0.25) is 0 Å². The van der Waals surface area contributed by atoms with E-state index in [0.717, 1.165) is 82.2 Å². The average Bonchev–Trinajstić information content (AvgIpc) is 3.24. The molecule has 6 nitrogen and oxygen atoms in total. The minimum Gasteiger partial charge on any atom is -0.399 e. The van der Waals surface area contributed by atoms with Gasteiger partial charge in [-0.05, 0) is 170 Å². The monoisotopic (exact) mass is 815 g/mol. The molecule has 0 aliphatic carbocycles. The molecule has 2 fully saturated rings. The van der Waals surface area contributed by atoms with Crippen LogP contribution in [0.1, 0.15) is 97.6 Å². The van der Waals surface area contributed by atoms with Crippen molar-refractivity contribution in [2.75, 3.05) is 51.7 Å². The molecular weight excluding hydrogens is 746 g/mol. The van der Waals surface area contributed by atoms with Crippen molar-refractivity contribution in [2.45, 2.75) is 90.9 Å². The van der Waals surface area contributed by atoms with Gasteiger partial charge in [-0.2, -0.15) is 0 Å². The number of nitrogen functional groups attached to an aromatic ring is 2. The second-order valence-electron chi connectivity index (χ2n) is 14.8. The lowest BCUT2D eigenvalue weighted by Gasteiger charge is -2.30. The fourth-order valence-corrected chi connectivity index (χ4v) is 6.76. The van der Waals surface area contributed by atoms with Crippen molar-refractivity contribution in [1.29, 1.82) is 0 Å². The summed E-state index contributed by atoms with van der Waals surface area (Å²) in [5.41, 5.74) is 18.3. The number of hydrogen-bond donors (Lipinski definition) is 2. The molecule has 322 valence electrons. The Morgan fingerprint density at radius 3 is 1.53 bits per heavy atom. The number of carbonyl (C=O) groups is 2. The maximum atomic E-state index is 14.0. The zero-order chi connectivity index (χ0) is 44.2. The molecule has 4 aromatic carbocycles. The largest absolute Gasteiger partial charge is 0.399 e. The summed E-state index contributed by atoms with van der Waals surface area (Å²) in [5, 5.41) is 0. The minimum atomic E-state index is -1.33. The SMILES string of the molecule is C=CC.C=CCCc1ccccc1.CC=O.CN1CCC(c2ccc(N)cc2N)CC1.Cc1c(C)c(C2CCN(C)CC2)c(F)c(F)c1F.O=CCCc1ccccc1. The Labute approximate surface area is 353 Å². The van der Waals surface area contributed by atoms with Crippen LogP contribution in [-0.4, -0.2) is 62.6 Å². The summed E-state index contributed by atoms with van der Waals surface area (Å²) in [6.45, 7) is 17.6. The number of carbonyl (C=O) groups excluding carboxylic acids is 2. The highest BCUT2D eigenvalue weighted by Crippen LogP contribution is 2.35. The number of aryl methyl sites for hydroxylation is 2. The summed E-state index contributed by atoms with van der Waals surface area (Å²) in [6, 6.07) is 26.4. The number of rotatable bonds is 8. The van der Waals surface area contributed by atoms with Crippen molar-refractivity contribution in [3.8, 4) is 0 Å². The third-order valence-electron chi connectivity index (χ3n) is 10.2. The molecule has 2 aliphatic rings. The fourth-order valence-electron chi connectivity index (χ4n) is 6.76. The third kappa shape index (κ3) is 19.5. The average molecular weight is 815 g/mol. The lowest BCUT2D eigenvalue weighted by molar-refractivity contribution is -0.108. The van der Waals surface area contributed by atoms with Crippen LogP contribution in [-0.2, 0) is 22.4 Å². The summed E-state index contributed by atoms with van der Waals surface area (Å²) >= 11 is 0. The van der Waals surface area contributed by atoms with Crippen LogP contribution in [0.25, 0.3) is 0 Å². The predicted octanol–water partition coefficient (Wildman–Crippen LogP) is 11.2. The quantitative estimate of drug-likeness (QED) is 0.0796. The van der Waals surface area contributed by atoms with Gasteiger partial charge in [0.05, 0.1) is 0 Å². The van der Waals surface area contributed by atoms with Crippen LogP contribution >= 0.6 is 0 Å². The molecule has 2 heterocycles. The van der Waals surface area contributed by atoms with Gasteiger partial charge in [0.25, 0.3) is 0 Å². The Hall–Kier alpha value is -4.99. The number of benzene rings is 4. The van der Waals surface area contributed by atoms with E-state index in [1.165, 1.54) is 43.4 Å². The Morgan fingerprint density at radius 1 is 0.661 bits per heavy atom. The summed E-state index contributed by atoms with van der Waals surface area (Å²) in [7, 11) is 4.18. The second kappa shape index (κ2) is 30.1. The molecule has 9 heteroatoms. The maximum Gasteiger partial charge on any atom is 0.194 e. The lowest BCUT2D eigenvalue weighted by atomic mass is 9.85. The van der Waals surface area contributed by atoms with Crippen LogP contribution in [0.3, 0.4) is 0 Å². The first-order valence-corrected chi connectivity index (χ1v) is 20.5. The number of piperidine rings is 2. The van der Waals surface area contributed by atoms with Gasteiger partial charge in [-0.3, -0.25) is 0 Å². The first kappa shape index (κ1) is 52.0. The summed E-state index contributed by atoms with van der Waals surface area (Å²) in [4.78, 5) is 23.3. The summed E-state index contributed by atoms with van der Waals surface area (Å²) < 4.78 is 40.9. The number of anilines is 2. The van der Waals surface area contributed by atoms with Gasteiger partial charge in [0.15, 0.2) is 17.5 Å². The number of nitrogens with zero attached hydrogens (tertiary/aromatic N) is 2. The van der Waals surface area contributed by atoms with Crippen molar-refractivity contribution < 1.29 is 22.8 Å². The number of halogens is 3. The summed E-state index contributed by atoms with van der Waals surface area (Å²) in [6.07, 6.45) is 13.1. The van der Waals surface area contributed by atoms with Crippen LogP contribution < -0.4 is 11.5 Å². The van der Waals surface area contributed by atoms with Crippen LogP contribution in [0.2, 0.25) is 0 Å². The molecule has 6 rings (SSSR count). The molecule has 4 N–H and O–H groups in total. The number of likely N-dealkylation sites (tertiary alicyclic amines) is 2. The van der Waals surface area contributed by atoms with Gasteiger partial charge in [0, 0.05) is 17.8 Å². The normalized spacial score (nSPS) is 14.1. The molecule has 2 saturated heterocycles. The van der Waals surface area contributed by atoms with Gasteiger partial charge in [0.1, 0.15) is 12.6 Å². The molecule has 0 amide bonds. The zero-order valence-electron chi connectivity index (χ0n) is 36.4. The van der Waals surface area contributed by atoms with E-state index in [-0.39, 0.29) is 11.5 Å². The van der Waals surface area contributed by atoms with Crippen molar-refractivity contribution in [2.24, 2.45) is 0 Å². The molecule has 4 aromatic rings. The zero-order valence-corrected chi connectivity index (χ0v) is 36.4. The van der Waals surface area contributed by atoms with Gasteiger partial charge >= 0.3 is 0 Å². The molecule has 0 spiro atoms. The smallest absolute Gasteiger partial charge is 0.194 e. The molecule has 0 saturated carbocycles. The van der Waals surface area contributed by atoms with E-state index in [9.17, 15) is 18.0 Å². The molecule has 0 atom stereocenters. The van der Waals surface area contributed by atoms with Gasteiger partial charge in [-0.25, -0.2) is 13.2 Å². The van der Waals surface area contributed by atoms with Crippen molar-refractivity contribution in [3.63, 3.8) is 0 Å². The Balaban J connectivity index is 0.000000385.